The smallest absolute Gasteiger partial charge is 0.756 e. The van der Waals surface area contributed by atoms with Gasteiger partial charge in [-0.15, -0.1) is 0 Å². The molecule has 3 atom stereocenters. The van der Waals surface area contributed by atoms with Gasteiger partial charge in [0.15, 0.2) is 6.10 Å². The first-order valence-electron chi connectivity index (χ1n) is 16.0. The SMILES string of the molecule is CCCCCCCCCCCC(=O)OC[C@H](COP(=O)([O-])OC[C@@H](N)C(=O)O)OC(=O)CCCCCCCCCCC.[Na+]. The number of unbranched alkanes of at least 4 members (excludes halogenated alkanes) is 16. The largest absolute Gasteiger partial charge is 1.00 e. The number of phosphoric acid groups is 1. The molecule has 0 saturated heterocycles. The second-order valence-electron chi connectivity index (χ2n) is 10.9. The van der Waals surface area contributed by atoms with E-state index in [0.717, 1.165) is 38.5 Å². The molecule has 0 fully saturated rings. The molecule has 248 valence electrons. The third-order valence-corrected chi connectivity index (χ3v) is 7.78. The van der Waals surface area contributed by atoms with Crippen LogP contribution in [-0.2, 0) is 37.5 Å². The molecule has 0 aromatic heterocycles. The number of ether oxygens (including phenoxy) is 2. The molecule has 0 rings (SSSR count). The summed E-state index contributed by atoms with van der Waals surface area (Å²) in [5, 5.41) is 8.78. The van der Waals surface area contributed by atoms with Crippen molar-refractivity contribution in [2.75, 3.05) is 19.8 Å². The number of carboxylic acid groups (broad SMARTS) is 1. The van der Waals surface area contributed by atoms with Crippen LogP contribution in [0.25, 0.3) is 0 Å². The number of carbonyl (C=O) groups excluding carboxylic acids is 2. The predicted molar refractivity (Wildman–Crippen MR) is 160 cm³/mol. The molecule has 0 radical (unpaired) electrons. The molecule has 1 unspecified atom stereocenters. The maximum absolute atomic E-state index is 12.4. The Labute approximate surface area is 281 Å². The van der Waals surface area contributed by atoms with E-state index < -0.39 is 51.1 Å². The normalized spacial score (nSPS) is 13.9. The molecule has 0 spiro atoms. The van der Waals surface area contributed by atoms with E-state index in [-0.39, 0.29) is 49.0 Å². The van der Waals surface area contributed by atoms with E-state index in [1.54, 1.807) is 0 Å². The third-order valence-electron chi connectivity index (χ3n) is 6.85. The summed E-state index contributed by atoms with van der Waals surface area (Å²) in [6.07, 6.45) is 19.0. The van der Waals surface area contributed by atoms with Crippen molar-refractivity contribution in [2.45, 2.75) is 154 Å². The average Bonchev–Trinajstić information content (AvgIpc) is 2.95. The molecule has 0 bridgehead atoms. The number of rotatable bonds is 30. The second kappa shape index (κ2) is 30.2. The molecule has 0 saturated carbocycles. The Hall–Kier alpha value is -0.520. The minimum Gasteiger partial charge on any atom is -0.756 e. The molecule has 0 aliphatic heterocycles. The van der Waals surface area contributed by atoms with Crippen molar-refractivity contribution in [3.05, 3.63) is 0 Å². The zero-order chi connectivity index (χ0) is 31.5. The van der Waals surface area contributed by atoms with Gasteiger partial charge in [0.2, 0.25) is 0 Å². The van der Waals surface area contributed by atoms with Gasteiger partial charge < -0.3 is 34.3 Å². The summed E-state index contributed by atoms with van der Waals surface area (Å²) < 4.78 is 31.9. The molecule has 13 heteroatoms. The summed E-state index contributed by atoms with van der Waals surface area (Å²) in [6.45, 7) is 2.55. The zero-order valence-corrected chi connectivity index (χ0v) is 30.0. The van der Waals surface area contributed by atoms with Gasteiger partial charge in [0.25, 0.3) is 7.82 Å². The van der Waals surface area contributed by atoms with Crippen LogP contribution in [0.2, 0.25) is 0 Å². The quantitative estimate of drug-likeness (QED) is 0.0508. The summed E-state index contributed by atoms with van der Waals surface area (Å²) in [6, 6.07) is -1.55. The maximum atomic E-state index is 12.4. The van der Waals surface area contributed by atoms with Crippen LogP contribution >= 0.6 is 7.82 Å². The fourth-order valence-corrected chi connectivity index (χ4v) is 5.00. The molecule has 43 heavy (non-hydrogen) atoms. The first kappa shape index (κ1) is 44.6. The van der Waals surface area contributed by atoms with Crippen molar-refractivity contribution in [1.29, 1.82) is 0 Å². The van der Waals surface area contributed by atoms with Gasteiger partial charge in [-0.3, -0.25) is 18.9 Å². The van der Waals surface area contributed by atoms with Crippen LogP contribution < -0.4 is 40.2 Å². The number of phosphoric ester groups is 1. The van der Waals surface area contributed by atoms with Crippen LogP contribution in [0.1, 0.15) is 142 Å². The van der Waals surface area contributed by atoms with E-state index in [2.05, 4.69) is 18.4 Å². The molecule has 0 aliphatic rings. The molecule has 0 amide bonds. The van der Waals surface area contributed by atoms with Crippen molar-refractivity contribution in [3.8, 4) is 0 Å². The third kappa shape index (κ3) is 29.9. The zero-order valence-electron chi connectivity index (χ0n) is 27.1. The van der Waals surface area contributed by atoms with Crippen LogP contribution in [0, 0.1) is 0 Å². The molecule has 3 N–H and O–H groups in total. The van der Waals surface area contributed by atoms with E-state index in [1.807, 2.05) is 0 Å². The number of carbonyl (C=O) groups is 3. The molecular formula is C30H57NNaO10P. The Morgan fingerprint density at radius 2 is 1.07 bits per heavy atom. The van der Waals surface area contributed by atoms with Gasteiger partial charge in [-0.2, -0.15) is 0 Å². The topological polar surface area (TPSA) is 175 Å². The number of carboxylic acids is 1. The first-order valence-corrected chi connectivity index (χ1v) is 17.5. The van der Waals surface area contributed by atoms with Crippen molar-refractivity contribution >= 4 is 25.7 Å². The van der Waals surface area contributed by atoms with E-state index in [4.69, 9.17) is 24.8 Å². The Morgan fingerprint density at radius 1 is 0.674 bits per heavy atom. The van der Waals surface area contributed by atoms with Crippen LogP contribution in [0.4, 0.5) is 0 Å². The maximum Gasteiger partial charge on any atom is 1.00 e. The summed E-state index contributed by atoms with van der Waals surface area (Å²) in [5.74, 6) is -2.44. The number of hydrogen-bond acceptors (Lipinski definition) is 10. The Bertz CT molecular complexity index is 758. The minimum absolute atomic E-state index is 0. The standard InChI is InChI=1S/C30H58NO10P.Na/c1-3-5-7-9-11-13-15-17-19-21-28(32)38-23-26(24-39-42(36,37)40-25-27(31)30(34)35)41-29(33)22-20-18-16-14-12-10-8-6-4-2;/h26-27H,3-25,31H2,1-2H3,(H,34,35)(H,36,37);/q;+1/p-1/t26-,27-;/m1./s1. The van der Waals surface area contributed by atoms with E-state index in [9.17, 15) is 23.8 Å². The summed E-state index contributed by atoms with van der Waals surface area (Å²) in [7, 11) is -4.94. The molecule has 0 heterocycles. The van der Waals surface area contributed by atoms with E-state index in [1.165, 1.54) is 64.2 Å². The average molecular weight is 646 g/mol. The van der Waals surface area contributed by atoms with E-state index in [0.29, 0.717) is 12.8 Å². The van der Waals surface area contributed by atoms with Gasteiger partial charge in [-0.05, 0) is 12.8 Å². The molecule has 0 aliphatic carbocycles. The van der Waals surface area contributed by atoms with Crippen molar-refractivity contribution < 1.29 is 77.0 Å². The van der Waals surface area contributed by atoms with Gasteiger partial charge in [0.1, 0.15) is 12.6 Å². The predicted octanol–water partition coefficient (Wildman–Crippen LogP) is 3.20. The molecule has 0 aromatic carbocycles. The van der Waals surface area contributed by atoms with Crippen LogP contribution in [-0.4, -0.2) is 55.0 Å². The first-order chi connectivity index (χ1) is 20.1. The Kier molecular flexibility index (Phi) is 31.3. The number of nitrogens with two attached hydrogens (primary N) is 1. The Morgan fingerprint density at radius 3 is 1.51 bits per heavy atom. The van der Waals surface area contributed by atoms with Gasteiger partial charge in [-0.25, -0.2) is 0 Å². The summed E-state index contributed by atoms with van der Waals surface area (Å²) in [5.41, 5.74) is 5.25. The summed E-state index contributed by atoms with van der Waals surface area (Å²) >= 11 is 0. The van der Waals surface area contributed by atoms with Crippen LogP contribution in [0.5, 0.6) is 0 Å². The fourth-order valence-electron chi connectivity index (χ4n) is 4.23. The molecular weight excluding hydrogens is 588 g/mol. The molecule has 11 nitrogen and oxygen atoms in total. The monoisotopic (exact) mass is 645 g/mol. The summed E-state index contributed by atoms with van der Waals surface area (Å²) in [4.78, 5) is 47.4. The number of hydrogen-bond donors (Lipinski definition) is 2. The van der Waals surface area contributed by atoms with Gasteiger partial charge in [0, 0.05) is 12.8 Å². The van der Waals surface area contributed by atoms with Crippen molar-refractivity contribution in [2.24, 2.45) is 5.73 Å². The second-order valence-corrected chi connectivity index (χ2v) is 12.3. The number of aliphatic carboxylic acids is 1. The van der Waals surface area contributed by atoms with Crippen LogP contribution in [0.15, 0.2) is 0 Å². The van der Waals surface area contributed by atoms with Crippen molar-refractivity contribution in [3.63, 3.8) is 0 Å². The van der Waals surface area contributed by atoms with Gasteiger partial charge in [-0.1, -0.05) is 117 Å². The fraction of sp³-hybridized carbons (Fsp3) is 0.900. The van der Waals surface area contributed by atoms with Crippen LogP contribution in [0.3, 0.4) is 0 Å². The Balaban J connectivity index is 0. The number of esters is 2. The van der Waals surface area contributed by atoms with Gasteiger partial charge >= 0.3 is 47.5 Å². The molecule has 0 aromatic rings. The van der Waals surface area contributed by atoms with Gasteiger partial charge in [0.05, 0.1) is 13.2 Å². The van der Waals surface area contributed by atoms with Crippen molar-refractivity contribution in [1.82, 2.24) is 0 Å². The minimum atomic E-state index is -4.94. The van der Waals surface area contributed by atoms with E-state index >= 15 is 0 Å².